The Kier molecular flexibility index (Phi) is 13.4. The van der Waals surface area contributed by atoms with Crippen molar-refractivity contribution in [1.29, 1.82) is 0 Å². The lowest BCUT2D eigenvalue weighted by Gasteiger charge is -2.32. The highest BCUT2D eigenvalue weighted by molar-refractivity contribution is 6.04. The van der Waals surface area contributed by atoms with Gasteiger partial charge in [-0.15, -0.1) is 0 Å². The van der Waals surface area contributed by atoms with Crippen LogP contribution in [0.4, 0.5) is 11.5 Å². The van der Waals surface area contributed by atoms with Gasteiger partial charge in [0.2, 0.25) is 11.8 Å². The van der Waals surface area contributed by atoms with Crippen molar-refractivity contribution >= 4 is 29.0 Å². The Balaban J connectivity index is 0.00000103. The molecule has 0 radical (unpaired) electrons. The Hall–Kier alpha value is -3.68. The van der Waals surface area contributed by atoms with Gasteiger partial charge in [0.25, 0.3) is 0 Å². The Morgan fingerprint density at radius 2 is 1.75 bits per heavy atom. The number of hydrogen-bond donors (Lipinski definition) is 2. The Bertz CT molecular complexity index is 1120. The van der Waals surface area contributed by atoms with Gasteiger partial charge >= 0.3 is 0 Å². The van der Waals surface area contributed by atoms with Gasteiger partial charge in [-0.25, -0.2) is 9.98 Å². The van der Waals surface area contributed by atoms with E-state index in [0.29, 0.717) is 25.5 Å². The lowest BCUT2D eigenvalue weighted by atomic mass is 9.95. The third kappa shape index (κ3) is 10.5. The van der Waals surface area contributed by atoms with E-state index in [4.69, 9.17) is 5.73 Å². The number of carbonyl (C=O) groups excluding carboxylic acids is 2. The summed E-state index contributed by atoms with van der Waals surface area (Å²) in [6.07, 6.45) is 5.99. The summed E-state index contributed by atoms with van der Waals surface area (Å²) in [6.45, 7) is 14.2. The smallest absolute Gasteiger partial charge is 0.225 e. The molecule has 3 N–H and O–H groups in total. The number of benzene rings is 1. The van der Waals surface area contributed by atoms with Crippen LogP contribution < -0.4 is 11.1 Å². The average Bonchev–Trinajstić information content (AvgIpc) is 2.96. The quantitative estimate of drug-likeness (QED) is 0.375. The van der Waals surface area contributed by atoms with Gasteiger partial charge in [-0.2, -0.15) is 0 Å². The number of rotatable bonds is 9. The van der Waals surface area contributed by atoms with Gasteiger partial charge in [0.1, 0.15) is 0 Å². The second-order valence-corrected chi connectivity index (χ2v) is 11.0. The van der Waals surface area contributed by atoms with Gasteiger partial charge in [-0.3, -0.25) is 9.59 Å². The number of pyridine rings is 1. The number of anilines is 1. The zero-order chi connectivity index (χ0) is 29.7. The fourth-order valence-electron chi connectivity index (χ4n) is 4.19. The van der Waals surface area contributed by atoms with Crippen LogP contribution >= 0.6 is 0 Å². The number of nitrogens with one attached hydrogen (secondary N) is 1. The minimum absolute atomic E-state index is 0.0263. The second kappa shape index (κ2) is 16.4. The van der Waals surface area contributed by atoms with Crippen LogP contribution in [0.15, 0.2) is 65.6 Å². The standard InChI is InChI=1S/C27H36N6O2.C5H12/c1-19(2)26(31-25-7-5-6-14-29-25)24(17-28)30-23-10-8-21(9-11-23)18-32(4)27(35)22-12-15-33(16-13-22)20(3)34;1-4-5(2)3/h5-11,14,17,19,22,30H,12-13,15-16,18,28H2,1-4H3;5H,4H2,1-3H3/b24-17+,31-26+;. The fraction of sp³-hybridized carbons (Fsp3) is 0.500. The maximum atomic E-state index is 12.9. The molecule has 1 aromatic carbocycles. The van der Waals surface area contributed by atoms with Crippen LogP contribution in [0.3, 0.4) is 0 Å². The molecule has 2 heterocycles. The Morgan fingerprint density at radius 3 is 2.23 bits per heavy atom. The molecule has 8 nitrogen and oxygen atoms in total. The molecule has 8 heteroatoms. The predicted octanol–water partition coefficient (Wildman–Crippen LogP) is 5.99. The number of hydrogen-bond acceptors (Lipinski definition) is 6. The molecule has 0 spiro atoms. The number of aromatic nitrogens is 1. The molecule has 0 saturated carbocycles. The van der Waals surface area contributed by atoms with E-state index in [1.165, 1.54) is 12.6 Å². The summed E-state index contributed by atoms with van der Waals surface area (Å²) in [5.74, 6) is 1.84. The van der Waals surface area contributed by atoms with Crippen molar-refractivity contribution in [2.75, 3.05) is 25.5 Å². The second-order valence-electron chi connectivity index (χ2n) is 11.0. The number of allylic oxidation sites excluding steroid dienone is 1. The van der Waals surface area contributed by atoms with E-state index in [9.17, 15) is 9.59 Å². The lowest BCUT2D eigenvalue weighted by molar-refractivity contribution is -0.139. The number of carbonyl (C=O) groups is 2. The highest BCUT2D eigenvalue weighted by Crippen LogP contribution is 2.22. The summed E-state index contributed by atoms with van der Waals surface area (Å²) >= 11 is 0. The minimum Gasteiger partial charge on any atom is -0.403 e. The molecular weight excluding hydrogens is 500 g/mol. The van der Waals surface area contributed by atoms with Crippen molar-refractivity contribution < 1.29 is 9.59 Å². The maximum Gasteiger partial charge on any atom is 0.225 e. The maximum absolute atomic E-state index is 12.9. The minimum atomic E-state index is -0.0263. The van der Waals surface area contributed by atoms with Gasteiger partial charge in [-0.1, -0.05) is 59.2 Å². The van der Waals surface area contributed by atoms with Crippen LogP contribution in [0.25, 0.3) is 0 Å². The summed E-state index contributed by atoms with van der Waals surface area (Å²) in [7, 11) is 1.84. The number of likely N-dealkylation sites (tertiary alicyclic amines) is 1. The van der Waals surface area contributed by atoms with Crippen molar-refractivity contribution in [1.82, 2.24) is 14.8 Å². The van der Waals surface area contributed by atoms with E-state index in [0.717, 1.165) is 41.4 Å². The highest BCUT2D eigenvalue weighted by atomic mass is 16.2. The first-order valence-corrected chi connectivity index (χ1v) is 14.3. The lowest BCUT2D eigenvalue weighted by Crippen LogP contribution is -2.42. The molecule has 40 heavy (non-hydrogen) atoms. The largest absolute Gasteiger partial charge is 0.403 e. The van der Waals surface area contributed by atoms with Gasteiger partial charge in [0, 0.05) is 57.6 Å². The van der Waals surface area contributed by atoms with Crippen molar-refractivity contribution in [3.63, 3.8) is 0 Å². The van der Waals surface area contributed by atoms with E-state index in [-0.39, 0.29) is 23.7 Å². The molecule has 0 unspecified atom stereocenters. The van der Waals surface area contributed by atoms with Gasteiger partial charge < -0.3 is 20.9 Å². The monoisotopic (exact) mass is 548 g/mol. The number of amides is 2. The first-order valence-electron chi connectivity index (χ1n) is 14.3. The molecule has 1 saturated heterocycles. The molecule has 0 bridgehead atoms. The van der Waals surface area contributed by atoms with Crippen LogP contribution in [0, 0.1) is 17.8 Å². The van der Waals surface area contributed by atoms with Crippen LogP contribution in [-0.4, -0.2) is 52.4 Å². The van der Waals surface area contributed by atoms with Crippen LogP contribution in [0.5, 0.6) is 0 Å². The number of aliphatic imine (C=N–C) groups is 1. The van der Waals surface area contributed by atoms with E-state index in [1.54, 1.807) is 18.0 Å². The van der Waals surface area contributed by atoms with Gasteiger partial charge in [0.05, 0.1) is 11.4 Å². The van der Waals surface area contributed by atoms with Crippen molar-refractivity contribution in [2.24, 2.45) is 28.5 Å². The Labute approximate surface area is 240 Å². The zero-order valence-electron chi connectivity index (χ0n) is 25.4. The molecule has 1 aromatic heterocycles. The fourth-order valence-corrected chi connectivity index (χ4v) is 4.19. The van der Waals surface area contributed by atoms with E-state index in [2.05, 4.69) is 49.9 Å². The predicted molar refractivity (Wildman–Crippen MR) is 165 cm³/mol. The summed E-state index contributed by atoms with van der Waals surface area (Å²) in [4.78, 5) is 37.0. The number of piperidine rings is 1. The molecule has 1 aliphatic rings. The van der Waals surface area contributed by atoms with Crippen LogP contribution in [-0.2, 0) is 16.1 Å². The summed E-state index contributed by atoms with van der Waals surface area (Å²) in [6, 6.07) is 13.6. The van der Waals surface area contributed by atoms with Gasteiger partial charge in [0.15, 0.2) is 5.82 Å². The summed E-state index contributed by atoms with van der Waals surface area (Å²) in [5, 5.41) is 3.36. The zero-order valence-corrected chi connectivity index (χ0v) is 25.4. The van der Waals surface area contributed by atoms with E-state index < -0.39 is 0 Å². The van der Waals surface area contributed by atoms with Crippen molar-refractivity contribution in [3.8, 4) is 0 Å². The number of nitrogens with zero attached hydrogens (tertiary/aromatic N) is 4. The molecular formula is C32H48N6O2. The SMILES string of the molecule is CC(=O)N1CCC(C(=O)N(C)Cc2ccc(NC(=C/N)/C(=N/c3ccccn3)C(C)C)cc2)CC1.CCC(C)C. The summed E-state index contributed by atoms with van der Waals surface area (Å²) < 4.78 is 0. The topological polar surface area (TPSA) is 104 Å². The van der Waals surface area contributed by atoms with Crippen molar-refractivity contribution in [3.05, 3.63) is 66.1 Å². The van der Waals surface area contributed by atoms with Crippen LogP contribution in [0.2, 0.25) is 0 Å². The van der Waals surface area contributed by atoms with Gasteiger partial charge in [-0.05, 0) is 54.5 Å². The third-order valence-electron chi connectivity index (χ3n) is 7.01. The molecule has 2 amide bonds. The molecule has 3 rings (SSSR count). The highest BCUT2D eigenvalue weighted by Gasteiger charge is 2.28. The normalized spacial score (nSPS) is 14.6. The average molecular weight is 549 g/mol. The molecule has 2 aromatic rings. The van der Waals surface area contributed by atoms with E-state index >= 15 is 0 Å². The summed E-state index contributed by atoms with van der Waals surface area (Å²) in [5.41, 5.74) is 9.41. The number of nitrogens with two attached hydrogens (primary N) is 1. The molecule has 0 atom stereocenters. The van der Waals surface area contributed by atoms with Crippen LogP contribution in [0.1, 0.15) is 66.4 Å². The van der Waals surface area contributed by atoms with Crippen molar-refractivity contribution in [2.45, 2.75) is 67.3 Å². The first-order chi connectivity index (χ1) is 19.0. The molecule has 1 aliphatic heterocycles. The molecule has 0 aliphatic carbocycles. The molecule has 1 fully saturated rings. The Morgan fingerprint density at radius 1 is 1.12 bits per heavy atom. The van der Waals surface area contributed by atoms with E-state index in [1.807, 2.05) is 54.4 Å². The third-order valence-corrected chi connectivity index (χ3v) is 7.01. The first kappa shape index (κ1) is 32.5. The molecule has 218 valence electrons.